The molecule has 1 aliphatic heterocycles. The van der Waals surface area contributed by atoms with E-state index in [4.69, 9.17) is 4.74 Å². The number of para-hydroxylation sites is 2. The number of benzene rings is 1. The van der Waals surface area contributed by atoms with E-state index in [2.05, 4.69) is 20.9 Å². The largest absolute Gasteiger partial charge is 0.492 e. The summed E-state index contributed by atoms with van der Waals surface area (Å²) < 4.78 is 5.76. The first-order chi connectivity index (χ1) is 14.0. The van der Waals surface area contributed by atoms with Crippen LogP contribution in [-0.4, -0.2) is 59.8 Å². The van der Waals surface area contributed by atoms with Crippen LogP contribution >= 0.6 is 11.8 Å². The van der Waals surface area contributed by atoms with Crippen molar-refractivity contribution in [1.29, 1.82) is 0 Å². The molecule has 1 aliphatic rings. The Morgan fingerprint density at radius 2 is 1.76 bits per heavy atom. The number of amides is 1. The second kappa shape index (κ2) is 9.96. The summed E-state index contributed by atoms with van der Waals surface area (Å²) in [7, 11) is 0. The molecule has 29 heavy (non-hydrogen) atoms. The number of nitrogens with zero attached hydrogens (tertiary/aromatic N) is 4. The highest BCUT2D eigenvalue weighted by Crippen LogP contribution is 2.29. The molecule has 0 atom stereocenters. The van der Waals surface area contributed by atoms with Gasteiger partial charge in [-0.05, 0) is 51.1 Å². The lowest BCUT2D eigenvalue weighted by Crippen LogP contribution is -2.49. The Bertz CT molecular complexity index is 827. The van der Waals surface area contributed by atoms with Crippen LogP contribution < -0.4 is 9.64 Å². The number of aromatic nitrogens is 2. The van der Waals surface area contributed by atoms with Gasteiger partial charge in [0.05, 0.1) is 12.3 Å². The van der Waals surface area contributed by atoms with Gasteiger partial charge in [-0.25, -0.2) is 9.97 Å². The van der Waals surface area contributed by atoms with Gasteiger partial charge in [-0.15, -0.1) is 0 Å². The molecule has 7 heteroatoms. The highest BCUT2D eigenvalue weighted by atomic mass is 32.2. The van der Waals surface area contributed by atoms with Crippen LogP contribution in [0.4, 0.5) is 5.69 Å². The predicted molar refractivity (Wildman–Crippen MR) is 118 cm³/mol. The summed E-state index contributed by atoms with van der Waals surface area (Å²) in [6, 6.07) is 8.12. The molecule has 0 radical (unpaired) electrons. The molecule has 0 spiro atoms. The highest BCUT2D eigenvalue weighted by molar-refractivity contribution is 7.98. The number of rotatable bonds is 7. The van der Waals surface area contributed by atoms with E-state index in [1.807, 2.05) is 50.1 Å². The lowest BCUT2D eigenvalue weighted by atomic mass is 10.1. The van der Waals surface area contributed by atoms with Gasteiger partial charge in [0.25, 0.3) is 0 Å². The lowest BCUT2D eigenvalue weighted by molar-refractivity contribution is -0.131. The van der Waals surface area contributed by atoms with Crippen molar-refractivity contribution in [3.8, 4) is 5.75 Å². The Hall–Kier alpha value is -2.28. The second-order valence-corrected chi connectivity index (χ2v) is 7.90. The third-order valence-electron chi connectivity index (χ3n) is 5.31. The molecular weight excluding hydrogens is 384 g/mol. The molecule has 156 valence electrons. The molecule has 1 aromatic carbocycles. The summed E-state index contributed by atoms with van der Waals surface area (Å²) in [6.45, 7) is 9.76. The van der Waals surface area contributed by atoms with Gasteiger partial charge in [0.15, 0.2) is 5.16 Å². The van der Waals surface area contributed by atoms with E-state index in [0.717, 1.165) is 59.7 Å². The molecule has 0 unspecified atom stereocenters. The Balaban J connectivity index is 1.56. The summed E-state index contributed by atoms with van der Waals surface area (Å²) in [6.07, 6.45) is 3.17. The quantitative estimate of drug-likeness (QED) is 0.511. The molecule has 1 saturated heterocycles. The maximum atomic E-state index is 12.8. The smallest absolute Gasteiger partial charge is 0.223 e. The minimum Gasteiger partial charge on any atom is -0.492 e. The summed E-state index contributed by atoms with van der Waals surface area (Å²) in [5.41, 5.74) is 4.16. The predicted octanol–water partition coefficient (Wildman–Crippen LogP) is 3.50. The van der Waals surface area contributed by atoms with Crippen LogP contribution in [0.25, 0.3) is 0 Å². The minimum atomic E-state index is 0.204. The molecule has 6 nitrogen and oxygen atoms in total. The van der Waals surface area contributed by atoms with E-state index in [1.165, 1.54) is 0 Å². The van der Waals surface area contributed by atoms with Crippen LogP contribution in [0.3, 0.4) is 0 Å². The van der Waals surface area contributed by atoms with Gasteiger partial charge in [0.1, 0.15) is 5.75 Å². The molecule has 0 aliphatic carbocycles. The van der Waals surface area contributed by atoms with Crippen molar-refractivity contribution < 1.29 is 9.53 Å². The van der Waals surface area contributed by atoms with Crippen molar-refractivity contribution in [1.82, 2.24) is 14.9 Å². The van der Waals surface area contributed by atoms with Crippen molar-refractivity contribution in [2.75, 3.05) is 43.9 Å². The zero-order chi connectivity index (χ0) is 20.8. The van der Waals surface area contributed by atoms with Crippen molar-refractivity contribution in [3.63, 3.8) is 0 Å². The average Bonchev–Trinajstić information content (AvgIpc) is 2.73. The van der Waals surface area contributed by atoms with Gasteiger partial charge in [0.2, 0.25) is 5.91 Å². The molecule has 2 aromatic rings. The number of hydrogen-bond donors (Lipinski definition) is 0. The van der Waals surface area contributed by atoms with Gasteiger partial charge >= 0.3 is 0 Å². The molecule has 3 rings (SSSR count). The number of carbonyl (C=O) groups is 1. The SMILES string of the molecule is CCOc1ccccc1N1CCN(C(=O)CCc2c(C)nc(SC)nc2C)CC1. The third-order valence-corrected chi connectivity index (χ3v) is 5.86. The monoisotopic (exact) mass is 414 g/mol. The molecule has 0 N–H and O–H groups in total. The first-order valence-electron chi connectivity index (χ1n) is 10.2. The fourth-order valence-corrected chi connectivity index (χ4v) is 4.20. The Morgan fingerprint density at radius 3 is 2.38 bits per heavy atom. The topological polar surface area (TPSA) is 58.6 Å². The van der Waals surface area contributed by atoms with Crippen molar-refractivity contribution in [3.05, 3.63) is 41.2 Å². The normalized spacial score (nSPS) is 14.2. The van der Waals surface area contributed by atoms with Gasteiger partial charge in [-0.2, -0.15) is 0 Å². The van der Waals surface area contributed by atoms with Crippen LogP contribution in [0.1, 0.15) is 30.3 Å². The zero-order valence-corrected chi connectivity index (χ0v) is 18.6. The summed E-state index contributed by atoms with van der Waals surface area (Å²) in [5.74, 6) is 1.12. The molecular formula is C22H30N4O2S. The second-order valence-electron chi connectivity index (χ2n) is 7.13. The standard InChI is InChI=1S/C22H30N4O2S/c1-5-28-20-9-7-6-8-19(20)25-12-14-26(15-13-25)21(27)11-10-18-16(2)23-22(29-4)24-17(18)3/h6-9H,5,10-15H2,1-4H3. The van der Waals surface area contributed by atoms with Crippen LogP contribution in [0.15, 0.2) is 29.4 Å². The fourth-order valence-electron chi connectivity index (χ4n) is 3.74. The fraction of sp³-hybridized carbons (Fsp3) is 0.500. The van der Waals surface area contributed by atoms with E-state index in [9.17, 15) is 4.79 Å². The Morgan fingerprint density at radius 1 is 1.10 bits per heavy atom. The molecule has 1 fully saturated rings. The average molecular weight is 415 g/mol. The first-order valence-corrected chi connectivity index (χ1v) is 11.4. The third kappa shape index (κ3) is 5.21. The highest BCUT2D eigenvalue weighted by Gasteiger charge is 2.23. The number of carbonyl (C=O) groups excluding carboxylic acids is 1. The van der Waals surface area contributed by atoms with Crippen molar-refractivity contribution >= 4 is 23.4 Å². The van der Waals surface area contributed by atoms with Gasteiger partial charge < -0.3 is 14.5 Å². The number of hydrogen-bond acceptors (Lipinski definition) is 6. The van der Waals surface area contributed by atoms with Crippen molar-refractivity contribution in [2.45, 2.75) is 38.8 Å². The summed E-state index contributed by atoms with van der Waals surface area (Å²) in [5, 5.41) is 0.790. The molecule has 1 amide bonds. The number of ether oxygens (including phenoxy) is 1. The van der Waals surface area contributed by atoms with Gasteiger partial charge in [-0.1, -0.05) is 23.9 Å². The molecule has 1 aromatic heterocycles. The Kier molecular flexibility index (Phi) is 7.36. The summed E-state index contributed by atoms with van der Waals surface area (Å²) >= 11 is 1.54. The van der Waals surface area contributed by atoms with Gasteiger partial charge in [-0.3, -0.25) is 4.79 Å². The van der Waals surface area contributed by atoms with Crippen LogP contribution in [0, 0.1) is 13.8 Å². The number of thioether (sulfide) groups is 1. The maximum absolute atomic E-state index is 12.8. The number of piperazine rings is 1. The minimum absolute atomic E-state index is 0.204. The molecule has 0 saturated carbocycles. The maximum Gasteiger partial charge on any atom is 0.223 e. The Labute approximate surface area is 177 Å². The number of aryl methyl sites for hydroxylation is 2. The van der Waals surface area contributed by atoms with E-state index < -0.39 is 0 Å². The van der Waals surface area contributed by atoms with E-state index >= 15 is 0 Å². The van der Waals surface area contributed by atoms with Crippen LogP contribution in [0.2, 0.25) is 0 Å². The lowest BCUT2D eigenvalue weighted by Gasteiger charge is -2.36. The number of anilines is 1. The molecule has 0 bridgehead atoms. The van der Waals surface area contributed by atoms with E-state index in [0.29, 0.717) is 19.4 Å². The summed E-state index contributed by atoms with van der Waals surface area (Å²) in [4.78, 5) is 26.1. The van der Waals surface area contributed by atoms with E-state index in [-0.39, 0.29) is 5.91 Å². The van der Waals surface area contributed by atoms with Crippen LogP contribution in [0.5, 0.6) is 5.75 Å². The van der Waals surface area contributed by atoms with E-state index in [1.54, 1.807) is 11.8 Å². The molecule has 2 heterocycles. The van der Waals surface area contributed by atoms with Crippen molar-refractivity contribution in [2.24, 2.45) is 0 Å². The zero-order valence-electron chi connectivity index (χ0n) is 17.8. The van der Waals surface area contributed by atoms with Crippen LogP contribution in [-0.2, 0) is 11.2 Å². The first kappa shape index (κ1) is 21.4. The van der Waals surface area contributed by atoms with Gasteiger partial charge in [0, 0.05) is 44.0 Å².